The molecule has 0 bridgehead atoms. The maximum absolute atomic E-state index is 11.2. The summed E-state index contributed by atoms with van der Waals surface area (Å²) in [6, 6.07) is 4.01. The van der Waals surface area contributed by atoms with Crippen molar-refractivity contribution in [3.8, 4) is 5.82 Å². The normalized spacial score (nSPS) is 10.2. The van der Waals surface area contributed by atoms with Crippen molar-refractivity contribution in [3.63, 3.8) is 0 Å². The van der Waals surface area contributed by atoms with Crippen LogP contribution in [0.5, 0.6) is 0 Å². The average molecular weight is 222 g/mol. The molecule has 2 heterocycles. The second kappa shape index (κ2) is 3.50. The highest BCUT2D eigenvalue weighted by Crippen LogP contribution is 2.00. The third kappa shape index (κ3) is 1.52. The monoisotopic (exact) mass is 222 g/mol. The number of carboxylic acid groups (broad SMARTS) is 1. The molecule has 0 unspecified atom stereocenters. The lowest BCUT2D eigenvalue weighted by Gasteiger charge is -1.98. The maximum Gasteiger partial charge on any atom is 0.354 e. The number of rotatable bonds is 2. The second-order valence-corrected chi connectivity index (χ2v) is 2.88. The first-order valence-corrected chi connectivity index (χ1v) is 4.20. The number of hydrogen-bond acceptors (Lipinski definition) is 4. The van der Waals surface area contributed by atoms with Gasteiger partial charge in [0.1, 0.15) is 5.82 Å². The van der Waals surface area contributed by atoms with Gasteiger partial charge >= 0.3 is 17.3 Å². The van der Waals surface area contributed by atoms with E-state index < -0.39 is 17.3 Å². The van der Waals surface area contributed by atoms with Gasteiger partial charge in [-0.25, -0.2) is 29.6 Å². The van der Waals surface area contributed by atoms with Crippen molar-refractivity contribution in [3.05, 3.63) is 44.9 Å². The van der Waals surface area contributed by atoms with Crippen LogP contribution in [0.2, 0.25) is 0 Å². The Bertz CT molecular complexity index is 623. The van der Waals surface area contributed by atoms with Crippen LogP contribution in [0.15, 0.2) is 27.8 Å². The lowest BCUT2D eigenvalue weighted by atomic mass is 10.3. The molecule has 0 atom stereocenters. The second-order valence-electron chi connectivity index (χ2n) is 2.88. The van der Waals surface area contributed by atoms with Gasteiger partial charge in [-0.3, -0.25) is 0 Å². The Kier molecular flexibility index (Phi) is 2.16. The molecule has 0 spiro atoms. The molecule has 16 heavy (non-hydrogen) atoms. The molecule has 0 aromatic carbocycles. The number of H-pyrrole nitrogens is 2. The Hall–Kier alpha value is -2.64. The first-order valence-electron chi connectivity index (χ1n) is 4.20. The van der Waals surface area contributed by atoms with Gasteiger partial charge in [-0.05, 0) is 12.1 Å². The Morgan fingerprint density at radius 2 is 1.88 bits per heavy atom. The van der Waals surface area contributed by atoms with E-state index in [4.69, 9.17) is 5.11 Å². The van der Waals surface area contributed by atoms with E-state index in [1.165, 1.54) is 18.2 Å². The van der Waals surface area contributed by atoms with E-state index in [0.29, 0.717) is 4.57 Å². The van der Waals surface area contributed by atoms with E-state index in [2.05, 4.69) is 15.2 Å². The summed E-state index contributed by atoms with van der Waals surface area (Å²) in [5.74, 6) is -1.28. The smallest absolute Gasteiger partial charge is 0.354 e. The van der Waals surface area contributed by atoms with E-state index in [0.717, 1.165) is 0 Å². The Morgan fingerprint density at radius 1 is 1.25 bits per heavy atom. The fraction of sp³-hybridized carbons (Fsp3) is 0. The molecule has 0 aliphatic heterocycles. The number of pyridine rings is 1. The van der Waals surface area contributed by atoms with Crippen LogP contribution < -0.4 is 11.4 Å². The summed E-state index contributed by atoms with van der Waals surface area (Å²) in [4.78, 5) is 36.7. The van der Waals surface area contributed by atoms with Crippen LogP contribution >= 0.6 is 0 Å². The van der Waals surface area contributed by atoms with Gasteiger partial charge in [-0.2, -0.15) is 4.57 Å². The highest BCUT2D eigenvalue weighted by atomic mass is 16.4. The van der Waals surface area contributed by atoms with Crippen molar-refractivity contribution in [2.24, 2.45) is 0 Å². The Balaban J connectivity index is 2.66. The molecule has 8 heteroatoms. The number of carbonyl (C=O) groups is 1. The molecule has 0 radical (unpaired) electrons. The molecule has 0 aliphatic carbocycles. The van der Waals surface area contributed by atoms with Gasteiger partial charge in [0.15, 0.2) is 5.69 Å². The molecule has 82 valence electrons. The topological polar surface area (TPSA) is 121 Å². The molecule has 3 N–H and O–H groups in total. The van der Waals surface area contributed by atoms with Gasteiger partial charge in [-0.1, -0.05) is 6.07 Å². The number of aromatic nitrogens is 4. The summed E-state index contributed by atoms with van der Waals surface area (Å²) in [6.07, 6.45) is 0. The van der Waals surface area contributed by atoms with Crippen molar-refractivity contribution in [2.45, 2.75) is 0 Å². The molecule has 0 saturated carbocycles. The van der Waals surface area contributed by atoms with Gasteiger partial charge in [0.05, 0.1) is 0 Å². The quantitative estimate of drug-likeness (QED) is 0.598. The predicted octanol–water partition coefficient (Wildman–Crippen LogP) is -1.05. The van der Waals surface area contributed by atoms with Crippen LogP contribution in [0.4, 0.5) is 0 Å². The lowest BCUT2D eigenvalue weighted by Crippen LogP contribution is -2.26. The summed E-state index contributed by atoms with van der Waals surface area (Å²) in [6.45, 7) is 0. The lowest BCUT2D eigenvalue weighted by molar-refractivity contribution is 0.0690. The van der Waals surface area contributed by atoms with Gasteiger partial charge in [0.2, 0.25) is 0 Å². The first kappa shape index (κ1) is 9.90. The van der Waals surface area contributed by atoms with E-state index in [1.807, 2.05) is 0 Å². The molecule has 0 saturated heterocycles. The summed E-state index contributed by atoms with van der Waals surface area (Å²) >= 11 is 0. The van der Waals surface area contributed by atoms with Crippen molar-refractivity contribution >= 4 is 5.97 Å². The first-order chi connectivity index (χ1) is 7.59. The number of nitrogens with one attached hydrogen (secondary N) is 2. The minimum atomic E-state index is -1.23. The van der Waals surface area contributed by atoms with E-state index in [-0.39, 0.29) is 11.5 Å². The van der Waals surface area contributed by atoms with Crippen LogP contribution in [-0.4, -0.2) is 30.8 Å². The predicted molar refractivity (Wildman–Crippen MR) is 51.8 cm³/mol. The molecule has 0 fully saturated rings. The van der Waals surface area contributed by atoms with E-state index in [1.54, 1.807) is 0 Å². The van der Waals surface area contributed by atoms with Gasteiger partial charge < -0.3 is 5.11 Å². The Labute approximate surface area is 87.2 Å². The van der Waals surface area contributed by atoms with Gasteiger partial charge in [0.25, 0.3) is 0 Å². The molecule has 0 amide bonds. The van der Waals surface area contributed by atoms with Gasteiger partial charge in [0, 0.05) is 0 Å². The molecular weight excluding hydrogens is 216 g/mol. The molecular formula is C8H6N4O4. The standard InChI is InChI=1S/C8H6N4O4/c13-6(14)4-2-1-3-5(9-4)12-7(15)10-11-8(12)16/h1-3H,(H,10,15)(H,11,16)(H,13,14). The third-order valence-electron chi connectivity index (χ3n) is 1.87. The van der Waals surface area contributed by atoms with Crippen LogP contribution in [0.1, 0.15) is 10.5 Å². The highest BCUT2D eigenvalue weighted by molar-refractivity contribution is 5.85. The SMILES string of the molecule is O=C(O)c1cccc(-n2c(=O)[nH][nH]c2=O)n1. The van der Waals surface area contributed by atoms with Crippen molar-refractivity contribution in [1.82, 2.24) is 19.7 Å². The number of aromatic amines is 2. The van der Waals surface area contributed by atoms with Gasteiger partial charge in [-0.15, -0.1) is 0 Å². The number of hydrogen-bond donors (Lipinski definition) is 3. The fourth-order valence-electron chi connectivity index (χ4n) is 1.19. The summed E-state index contributed by atoms with van der Waals surface area (Å²) in [5.41, 5.74) is -1.66. The zero-order valence-corrected chi connectivity index (χ0v) is 7.80. The molecule has 2 aromatic heterocycles. The maximum atomic E-state index is 11.2. The van der Waals surface area contributed by atoms with E-state index >= 15 is 0 Å². The summed E-state index contributed by atoms with van der Waals surface area (Å²) < 4.78 is 0.701. The zero-order chi connectivity index (χ0) is 11.7. The Morgan fingerprint density at radius 3 is 2.44 bits per heavy atom. The number of carboxylic acids is 1. The molecule has 2 aromatic rings. The van der Waals surface area contributed by atoms with E-state index in [9.17, 15) is 14.4 Å². The largest absolute Gasteiger partial charge is 0.477 e. The van der Waals surface area contributed by atoms with Crippen molar-refractivity contribution < 1.29 is 9.90 Å². The molecule has 2 rings (SSSR count). The third-order valence-corrected chi connectivity index (χ3v) is 1.87. The molecule has 0 aliphatic rings. The van der Waals surface area contributed by atoms with Crippen LogP contribution in [0, 0.1) is 0 Å². The fourth-order valence-corrected chi connectivity index (χ4v) is 1.19. The average Bonchev–Trinajstić information content (AvgIpc) is 2.59. The number of aromatic carboxylic acids is 1. The molecule has 8 nitrogen and oxygen atoms in total. The minimum Gasteiger partial charge on any atom is -0.477 e. The summed E-state index contributed by atoms with van der Waals surface area (Å²) in [5, 5.41) is 12.8. The minimum absolute atomic E-state index is 0.0487. The van der Waals surface area contributed by atoms with Crippen LogP contribution in [0.3, 0.4) is 0 Å². The van der Waals surface area contributed by atoms with Crippen molar-refractivity contribution in [1.29, 1.82) is 0 Å². The summed E-state index contributed by atoms with van der Waals surface area (Å²) in [7, 11) is 0. The van der Waals surface area contributed by atoms with Crippen molar-refractivity contribution in [2.75, 3.05) is 0 Å². The zero-order valence-electron chi connectivity index (χ0n) is 7.80. The van der Waals surface area contributed by atoms with Crippen LogP contribution in [-0.2, 0) is 0 Å². The highest BCUT2D eigenvalue weighted by Gasteiger charge is 2.10. The van der Waals surface area contributed by atoms with Crippen LogP contribution in [0.25, 0.3) is 5.82 Å². The number of nitrogens with zero attached hydrogens (tertiary/aromatic N) is 2.